The molecule has 2 rings (SSSR count). The molecule has 82 valence electrons. The highest BCUT2D eigenvalue weighted by atomic mass is 16.5. The minimum absolute atomic E-state index is 0.439. The molecule has 0 amide bonds. The number of nitrogens with zero attached hydrogens (tertiary/aromatic N) is 2. The third-order valence-electron chi connectivity index (χ3n) is 3.33. The molecule has 1 saturated heterocycles. The van der Waals surface area contributed by atoms with Crippen molar-refractivity contribution in [3.05, 3.63) is 0 Å². The third-order valence-corrected chi connectivity index (χ3v) is 3.33. The molecule has 1 aliphatic carbocycles. The van der Waals surface area contributed by atoms with E-state index < -0.39 is 0 Å². The summed E-state index contributed by atoms with van der Waals surface area (Å²) in [6.45, 7) is 7.64. The van der Waals surface area contributed by atoms with Gasteiger partial charge < -0.3 is 9.64 Å². The molecule has 3 nitrogen and oxygen atoms in total. The summed E-state index contributed by atoms with van der Waals surface area (Å²) in [4.78, 5) is 4.94. The molecule has 0 N–H and O–H groups in total. The van der Waals surface area contributed by atoms with Gasteiger partial charge in [-0.05, 0) is 26.4 Å². The maximum Gasteiger partial charge on any atom is 0.0829 e. The van der Waals surface area contributed by atoms with Crippen LogP contribution in [0, 0.1) is 0 Å². The van der Waals surface area contributed by atoms with Crippen LogP contribution in [0.2, 0.25) is 0 Å². The van der Waals surface area contributed by atoms with Gasteiger partial charge in [0.25, 0.3) is 0 Å². The van der Waals surface area contributed by atoms with Crippen molar-refractivity contribution in [3.8, 4) is 0 Å². The summed E-state index contributed by atoms with van der Waals surface area (Å²) in [6.07, 6.45) is 3.22. The van der Waals surface area contributed by atoms with Crippen molar-refractivity contribution in [1.82, 2.24) is 9.80 Å². The van der Waals surface area contributed by atoms with E-state index in [4.69, 9.17) is 4.74 Å². The zero-order chi connectivity index (χ0) is 9.97. The summed E-state index contributed by atoms with van der Waals surface area (Å²) in [5, 5.41) is 0. The van der Waals surface area contributed by atoms with Gasteiger partial charge in [-0.3, -0.25) is 4.90 Å². The first-order valence-electron chi connectivity index (χ1n) is 5.83. The van der Waals surface area contributed by atoms with Crippen molar-refractivity contribution >= 4 is 0 Å². The first kappa shape index (κ1) is 10.4. The van der Waals surface area contributed by atoms with Crippen molar-refractivity contribution in [1.29, 1.82) is 0 Å². The van der Waals surface area contributed by atoms with Gasteiger partial charge in [0, 0.05) is 25.7 Å². The van der Waals surface area contributed by atoms with Crippen molar-refractivity contribution in [3.63, 3.8) is 0 Å². The summed E-state index contributed by atoms with van der Waals surface area (Å²) < 4.78 is 5.78. The second-order valence-corrected chi connectivity index (χ2v) is 4.56. The van der Waals surface area contributed by atoms with Gasteiger partial charge in [0.05, 0.1) is 12.7 Å². The molecular weight excluding hydrogens is 176 g/mol. The van der Waals surface area contributed by atoms with Gasteiger partial charge in [-0.2, -0.15) is 0 Å². The molecule has 3 heteroatoms. The SMILES string of the molecule is CCN1CCO[C@H](CN(C)C2CC2)C1. The van der Waals surface area contributed by atoms with Gasteiger partial charge in [-0.25, -0.2) is 0 Å². The van der Waals surface area contributed by atoms with Crippen LogP contribution >= 0.6 is 0 Å². The average molecular weight is 198 g/mol. The Morgan fingerprint density at radius 3 is 2.86 bits per heavy atom. The highest BCUT2D eigenvalue weighted by molar-refractivity contribution is 4.85. The number of hydrogen-bond acceptors (Lipinski definition) is 3. The van der Waals surface area contributed by atoms with E-state index in [0.717, 1.165) is 38.8 Å². The Kier molecular flexibility index (Phi) is 3.42. The molecular formula is C11H22N2O. The fourth-order valence-electron chi connectivity index (χ4n) is 2.16. The zero-order valence-corrected chi connectivity index (χ0v) is 9.41. The van der Waals surface area contributed by atoms with Crippen molar-refractivity contribution in [2.75, 3.05) is 39.8 Å². The minimum Gasteiger partial charge on any atom is -0.374 e. The molecule has 0 aromatic heterocycles. The van der Waals surface area contributed by atoms with Crippen LogP contribution in [0.3, 0.4) is 0 Å². The van der Waals surface area contributed by atoms with Crippen LogP contribution in [-0.2, 0) is 4.74 Å². The number of rotatable bonds is 4. The van der Waals surface area contributed by atoms with E-state index in [1.54, 1.807) is 0 Å². The second kappa shape index (κ2) is 4.60. The van der Waals surface area contributed by atoms with E-state index in [9.17, 15) is 0 Å². The van der Waals surface area contributed by atoms with E-state index in [-0.39, 0.29) is 0 Å². The monoisotopic (exact) mass is 198 g/mol. The first-order chi connectivity index (χ1) is 6.79. The topological polar surface area (TPSA) is 15.7 Å². The smallest absolute Gasteiger partial charge is 0.0829 e. The standard InChI is InChI=1S/C11H22N2O/c1-3-13-6-7-14-11(9-13)8-12(2)10-4-5-10/h10-11H,3-9H2,1-2H3/t11-/m1/s1. The van der Waals surface area contributed by atoms with Crippen LogP contribution < -0.4 is 0 Å². The fourth-order valence-corrected chi connectivity index (χ4v) is 2.16. The fraction of sp³-hybridized carbons (Fsp3) is 1.00. The lowest BCUT2D eigenvalue weighted by Crippen LogP contribution is -2.47. The molecule has 0 spiro atoms. The normalized spacial score (nSPS) is 29.8. The first-order valence-corrected chi connectivity index (χ1v) is 5.83. The Labute approximate surface area is 87.0 Å². The summed E-state index contributed by atoms with van der Waals surface area (Å²) in [5.74, 6) is 0. The van der Waals surface area contributed by atoms with Gasteiger partial charge in [0.15, 0.2) is 0 Å². The molecule has 2 aliphatic rings. The summed E-state index contributed by atoms with van der Waals surface area (Å²) in [7, 11) is 2.23. The van der Waals surface area contributed by atoms with E-state index in [2.05, 4.69) is 23.8 Å². The van der Waals surface area contributed by atoms with Gasteiger partial charge in [0.2, 0.25) is 0 Å². The van der Waals surface area contributed by atoms with Crippen LogP contribution in [0.1, 0.15) is 19.8 Å². The lowest BCUT2D eigenvalue weighted by molar-refractivity contribution is -0.0397. The molecule has 1 aliphatic heterocycles. The van der Waals surface area contributed by atoms with E-state index in [1.165, 1.54) is 12.8 Å². The largest absolute Gasteiger partial charge is 0.374 e. The van der Waals surface area contributed by atoms with E-state index >= 15 is 0 Å². The zero-order valence-electron chi connectivity index (χ0n) is 9.41. The highest BCUT2D eigenvalue weighted by Crippen LogP contribution is 2.25. The molecule has 0 unspecified atom stereocenters. The van der Waals surface area contributed by atoms with Gasteiger partial charge in [0.1, 0.15) is 0 Å². The Bertz CT molecular complexity index is 182. The molecule has 14 heavy (non-hydrogen) atoms. The van der Waals surface area contributed by atoms with Crippen LogP contribution in [0.15, 0.2) is 0 Å². The number of likely N-dealkylation sites (N-methyl/N-ethyl adjacent to an activating group) is 2. The minimum atomic E-state index is 0.439. The molecule has 1 heterocycles. The Hall–Kier alpha value is -0.120. The van der Waals surface area contributed by atoms with Gasteiger partial charge >= 0.3 is 0 Å². The molecule has 1 saturated carbocycles. The summed E-state index contributed by atoms with van der Waals surface area (Å²) in [6, 6.07) is 0.857. The maximum atomic E-state index is 5.78. The second-order valence-electron chi connectivity index (χ2n) is 4.56. The van der Waals surface area contributed by atoms with Gasteiger partial charge in [-0.15, -0.1) is 0 Å². The Morgan fingerprint density at radius 1 is 1.43 bits per heavy atom. The van der Waals surface area contributed by atoms with Crippen molar-refractivity contribution in [2.45, 2.75) is 31.9 Å². The predicted molar refractivity (Wildman–Crippen MR) is 57.5 cm³/mol. The molecule has 0 aromatic rings. The Balaban J connectivity index is 1.73. The molecule has 2 fully saturated rings. The Morgan fingerprint density at radius 2 is 2.21 bits per heavy atom. The van der Waals surface area contributed by atoms with E-state index in [0.29, 0.717) is 6.10 Å². The maximum absolute atomic E-state index is 5.78. The summed E-state index contributed by atoms with van der Waals surface area (Å²) >= 11 is 0. The average Bonchev–Trinajstić information content (AvgIpc) is 3.01. The van der Waals surface area contributed by atoms with Crippen molar-refractivity contribution < 1.29 is 4.74 Å². The quantitative estimate of drug-likeness (QED) is 0.664. The highest BCUT2D eigenvalue weighted by Gasteiger charge is 2.29. The van der Waals surface area contributed by atoms with Crippen LogP contribution in [0.5, 0.6) is 0 Å². The van der Waals surface area contributed by atoms with Gasteiger partial charge in [-0.1, -0.05) is 6.92 Å². The van der Waals surface area contributed by atoms with E-state index in [1.807, 2.05) is 0 Å². The predicted octanol–water partition coefficient (Wildman–Crippen LogP) is 0.801. The van der Waals surface area contributed by atoms with Crippen LogP contribution in [0.25, 0.3) is 0 Å². The number of morpholine rings is 1. The molecule has 1 atom stereocenters. The van der Waals surface area contributed by atoms with Crippen LogP contribution in [-0.4, -0.2) is 61.8 Å². The third kappa shape index (κ3) is 2.69. The molecule has 0 bridgehead atoms. The van der Waals surface area contributed by atoms with Crippen LogP contribution in [0.4, 0.5) is 0 Å². The number of hydrogen-bond donors (Lipinski definition) is 0. The number of ether oxygens (including phenoxy) is 1. The molecule has 0 aromatic carbocycles. The van der Waals surface area contributed by atoms with Crippen molar-refractivity contribution in [2.24, 2.45) is 0 Å². The lowest BCUT2D eigenvalue weighted by Gasteiger charge is -2.34. The lowest BCUT2D eigenvalue weighted by atomic mass is 10.2. The summed E-state index contributed by atoms with van der Waals surface area (Å²) in [5.41, 5.74) is 0. The molecule has 0 radical (unpaired) electrons.